The average Bonchev–Trinajstić information content (AvgIpc) is 4.19. The Morgan fingerprint density at radius 2 is 1.67 bits per heavy atom. The lowest BCUT2D eigenvalue weighted by molar-refractivity contribution is -0.142. The highest BCUT2D eigenvalue weighted by Gasteiger charge is 2.43. The summed E-state index contributed by atoms with van der Waals surface area (Å²) in [5.41, 5.74) is 7.25. The molecule has 72 heavy (non-hydrogen) atoms. The second-order valence-corrected chi connectivity index (χ2v) is 21.1. The van der Waals surface area contributed by atoms with Crippen LogP contribution in [0.1, 0.15) is 109 Å². The van der Waals surface area contributed by atoms with Crippen molar-refractivity contribution in [2.24, 2.45) is 10.9 Å². The number of ether oxygens (including phenoxy) is 1. The lowest BCUT2D eigenvalue weighted by atomic mass is 9.89. The number of amides is 3. The molecular weight excluding hydrogens is 952 g/mol. The Labute approximate surface area is 426 Å². The summed E-state index contributed by atoms with van der Waals surface area (Å²) in [6, 6.07) is 16.6. The van der Waals surface area contributed by atoms with Crippen molar-refractivity contribution in [3.8, 4) is 27.7 Å². The first-order chi connectivity index (χ1) is 34.6. The van der Waals surface area contributed by atoms with Crippen molar-refractivity contribution in [2.45, 2.75) is 117 Å². The number of carbonyl (C=O) groups is 3. The standard InChI is InChI=1S/C53H57ClN12O5S/c1-28(2)49(52(70)64-27-41(67)23-44(64)51(69)58-30(4)34-10-14-40(15-11-34)63-19-18-55-32(63)6)65-26-37(25-57-65)36-16-17-56-46(20-36)71-42-21-39(22-42)59-45(68)24-43-50-62-61-33(7)66(50)53-47(29(3)31(5)72-53)48(60-43)35-8-12-38(54)13-9-35/h8-20,25-26,28,30,39,41-44,49,67H,21-24,27H2,1-7H3,(H,58,69)(H,59,68)/t30-,39-,41+,42+,43-,44-,49-/m0/s1. The Morgan fingerprint density at radius 3 is 2.39 bits per heavy atom. The Balaban J connectivity index is 0.762. The molecule has 10 rings (SSSR count). The molecule has 2 aliphatic heterocycles. The van der Waals surface area contributed by atoms with E-state index < -0.39 is 24.2 Å². The number of thiophene rings is 1. The SMILES string of the molecule is Cc1sc2c(c1C)C(c1ccc(Cl)cc1)=N[C@@H](CC(=O)N[C@H]1C[C@@H](Oc3cc(-c4cnn([C@H](C(=O)N5C[C@H](O)C[C@H]5C(=O)N[C@@H](C)c5ccc(-n6ccnc6C)cc5)C(C)C)c4)ccn3)C1)c1nnc(C)n1-2. The van der Waals surface area contributed by atoms with E-state index in [1.54, 1.807) is 34.6 Å². The highest BCUT2D eigenvalue weighted by molar-refractivity contribution is 7.15. The van der Waals surface area contributed by atoms with Gasteiger partial charge in [0.05, 0.1) is 30.5 Å². The third-order valence-corrected chi connectivity index (χ3v) is 15.5. The molecular formula is C53H57ClN12O5S. The van der Waals surface area contributed by atoms with Crippen LogP contribution in [0.4, 0.5) is 0 Å². The quantitative estimate of drug-likeness (QED) is 0.0970. The van der Waals surface area contributed by atoms with Crippen molar-refractivity contribution < 1.29 is 24.2 Å². The van der Waals surface area contributed by atoms with Gasteiger partial charge in [-0.25, -0.2) is 9.97 Å². The van der Waals surface area contributed by atoms with Crippen molar-refractivity contribution in [1.82, 2.24) is 54.6 Å². The number of imidazole rings is 1. The fourth-order valence-electron chi connectivity index (χ4n) is 9.98. The molecule has 1 saturated carbocycles. The number of pyridine rings is 1. The number of aromatic nitrogens is 8. The molecule has 0 bridgehead atoms. The molecule has 5 atom stereocenters. The van der Waals surface area contributed by atoms with Crippen LogP contribution in [0, 0.1) is 33.6 Å². The summed E-state index contributed by atoms with van der Waals surface area (Å²) < 4.78 is 12.0. The van der Waals surface area contributed by atoms with E-state index in [0.717, 1.165) is 61.4 Å². The van der Waals surface area contributed by atoms with Gasteiger partial charge < -0.3 is 29.9 Å². The van der Waals surface area contributed by atoms with Gasteiger partial charge in [-0.15, -0.1) is 21.5 Å². The number of hydrogen-bond acceptors (Lipinski definition) is 12. The number of nitrogens with zero attached hydrogens (tertiary/aromatic N) is 10. The van der Waals surface area contributed by atoms with Gasteiger partial charge in [0.1, 0.15) is 40.9 Å². The van der Waals surface area contributed by atoms with Gasteiger partial charge in [-0.3, -0.25) is 28.6 Å². The van der Waals surface area contributed by atoms with Crippen molar-refractivity contribution in [1.29, 1.82) is 0 Å². The van der Waals surface area contributed by atoms with Crippen LogP contribution in [0.2, 0.25) is 5.02 Å². The number of rotatable bonds is 14. The minimum atomic E-state index is -0.848. The number of halogens is 1. The highest BCUT2D eigenvalue weighted by Crippen LogP contribution is 2.40. The molecule has 1 aliphatic carbocycles. The van der Waals surface area contributed by atoms with Crippen LogP contribution < -0.4 is 15.4 Å². The van der Waals surface area contributed by atoms with E-state index in [2.05, 4.69) is 49.7 Å². The van der Waals surface area contributed by atoms with Crippen LogP contribution in [-0.2, 0) is 14.4 Å². The summed E-state index contributed by atoms with van der Waals surface area (Å²) in [5, 5.41) is 32.3. The maximum absolute atomic E-state index is 14.4. The van der Waals surface area contributed by atoms with Gasteiger partial charge in [0, 0.05) is 95.0 Å². The summed E-state index contributed by atoms with van der Waals surface area (Å²) in [7, 11) is 0. The number of hydrogen-bond donors (Lipinski definition) is 3. The van der Waals surface area contributed by atoms with Crippen molar-refractivity contribution in [2.75, 3.05) is 6.54 Å². The van der Waals surface area contributed by atoms with Gasteiger partial charge in [0.15, 0.2) is 5.82 Å². The van der Waals surface area contributed by atoms with Gasteiger partial charge in [0.25, 0.3) is 0 Å². The molecule has 7 heterocycles. The zero-order chi connectivity index (χ0) is 50.5. The summed E-state index contributed by atoms with van der Waals surface area (Å²) in [6.07, 6.45) is 9.25. The van der Waals surface area contributed by atoms with E-state index in [-0.39, 0.29) is 61.2 Å². The number of aliphatic hydroxyl groups is 1. The molecule has 19 heteroatoms. The molecule has 0 radical (unpaired) electrons. The van der Waals surface area contributed by atoms with Gasteiger partial charge >= 0.3 is 0 Å². The predicted octanol–water partition coefficient (Wildman–Crippen LogP) is 7.70. The van der Waals surface area contributed by atoms with Crippen LogP contribution >= 0.6 is 22.9 Å². The van der Waals surface area contributed by atoms with Crippen molar-refractivity contribution >= 4 is 46.4 Å². The number of benzene rings is 2. The van der Waals surface area contributed by atoms with Crippen molar-refractivity contribution in [3.05, 3.63) is 141 Å². The van der Waals surface area contributed by atoms with Gasteiger partial charge in [-0.1, -0.05) is 49.7 Å². The van der Waals surface area contributed by atoms with Crippen LogP contribution in [0.15, 0.2) is 96.6 Å². The third-order valence-electron chi connectivity index (χ3n) is 14.0. The average molecular weight is 1010 g/mol. The number of likely N-dealkylation sites (tertiary alicyclic amines) is 1. The molecule has 7 aromatic rings. The molecule has 0 spiro atoms. The Morgan fingerprint density at radius 1 is 0.903 bits per heavy atom. The van der Waals surface area contributed by atoms with E-state index in [9.17, 15) is 19.5 Å². The third kappa shape index (κ3) is 9.57. The van der Waals surface area contributed by atoms with E-state index in [0.29, 0.717) is 29.6 Å². The Hall–Kier alpha value is -7.02. The predicted molar refractivity (Wildman–Crippen MR) is 274 cm³/mol. The first-order valence-corrected chi connectivity index (χ1v) is 25.5. The van der Waals surface area contributed by atoms with E-state index in [1.165, 1.54) is 9.78 Å². The van der Waals surface area contributed by atoms with Gasteiger partial charge in [0.2, 0.25) is 23.6 Å². The van der Waals surface area contributed by atoms with Crippen LogP contribution in [0.5, 0.6) is 5.88 Å². The first kappa shape index (κ1) is 48.6. The molecule has 3 N–H and O–H groups in total. The minimum Gasteiger partial charge on any atom is -0.474 e. The molecule has 3 aliphatic rings. The zero-order valence-electron chi connectivity index (χ0n) is 41.2. The number of aliphatic hydroxyl groups excluding tert-OH is 1. The second-order valence-electron chi connectivity index (χ2n) is 19.4. The first-order valence-electron chi connectivity index (χ1n) is 24.3. The summed E-state index contributed by atoms with van der Waals surface area (Å²) >= 11 is 7.95. The van der Waals surface area contributed by atoms with Crippen LogP contribution in [0.25, 0.3) is 21.8 Å². The number of nitrogens with one attached hydrogen (secondary N) is 2. The highest BCUT2D eigenvalue weighted by atomic mass is 35.5. The zero-order valence-corrected chi connectivity index (χ0v) is 42.7. The molecule has 3 amide bonds. The molecule has 2 aromatic carbocycles. The van der Waals surface area contributed by atoms with E-state index in [1.807, 2.05) is 117 Å². The number of fused-ring (bicyclic) bond motifs is 3. The molecule has 372 valence electrons. The normalized spacial score (nSPS) is 20.2. The Kier molecular flexibility index (Phi) is 13.4. The maximum atomic E-state index is 14.4. The summed E-state index contributed by atoms with van der Waals surface area (Å²) in [6.45, 7) is 13.9. The topological polar surface area (TPSA) is 200 Å². The minimum absolute atomic E-state index is 0.0408. The number of β-amino-alcohol motifs (C(OH)–C–C–N with tert-alkyl or cyclic N) is 1. The number of aryl methyl sites for hydroxylation is 3. The van der Waals surface area contributed by atoms with Gasteiger partial charge in [-0.05, 0) is 87.6 Å². The summed E-state index contributed by atoms with van der Waals surface area (Å²) in [5.74, 6) is 1.70. The van der Waals surface area contributed by atoms with Crippen LogP contribution in [-0.4, -0.2) is 103 Å². The van der Waals surface area contributed by atoms with E-state index >= 15 is 0 Å². The summed E-state index contributed by atoms with van der Waals surface area (Å²) in [4.78, 5) is 58.7. The lowest BCUT2D eigenvalue weighted by Crippen LogP contribution is -2.49. The van der Waals surface area contributed by atoms with Gasteiger partial charge in [-0.2, -0.15) is 5.10 Å². The van der Waals surface area contributed by atoms with E-state index in [4.69, 9.17) is 21.3 Å². The molecule has 0 unspecified atom stereocenters. The second kappa shape index (κ2) is 19.9. The molecule has 2 fully saturated rings. The maximum Gasteiger partial charge on any atom is 0.248 e. The fourth-order valence-corrected chi connectivity index (χ4v) is 11.3. The number of aliphatic imine (C=N–C) groups is 1. The monoisotopic (exact) mass is 1010 g/mol. The smallest absolute Gasteiger partial charge is 0.248 e. The lowest BCUT2D eigenvalue weighted by Gasteiger charge is -2.35. The fraction of sp³-hybridized carbons (Fsp3) is 0.377. The number of carbonyl (C=O) groups excluding carboxylic acids is 3. The Bertz CT molecular complexity index is 3190. The largest absolute Gasteiger partial charge is 0.474 e. The van der Waals surface area contributed by atoms with Crippen LogP contribution in [0.3, 0.4) is 0 Å². The molecule has 1 saturated heterocycles. The molecule has 17 nitrogen and oxygen atoms in total. The van der Waals surface area contributed by atoms with Crippen molar-refractivity contribution in [3.63, 3.8) is 0 Å². The molecule has 5 aromatic heterocycles.